The third-order valence-electron chi connectivity index (χ3n) is 6.31. The predicted molar refractivity (Wildman–Crippen MR) is 136 cm³/mol. The molecule has 2 heterocycles. The molecule has 35 heavy (non-hydrogen) atoms. The molecule has 0 saturated carbocycles. The summed E-state index contributed by atoms with van der Waals surface area (Å²) in [6, 6.07) is 24.7. The Morgan fingerprint density at radius 3 is 2.20 bits per heavy atom. The minimum Gasteiger partial charge on any atom is -0.494 e. The average Bonchev–Trinajstić information content (AvgIpc) is 2.91. The van der Waals surface area contributed by atoms with E-state index in [1.807, 2.05) is 42.2 Å². The minimum atomic E-state index is -0.256. The lowest BCUT2D eigenvalue weighted by atomic mass is 10.1. The van der Waals surface area contributed by atoms with Crippen LogP contribution in [0.25, 0.3) is 16.5 Å². The van der Waals surface area contributed by atoms with Crippen LogP contribution in [0.15, 0.2) is 83.7 Å². The van der Waals surface area contributed by atoms with Crippen molar-refractivity contribution in [2.75, 3.05) is 32.8 Å². The summed E-state index contributed by atoms with van der Waals surface area (Å²) >= 11 is 0. The summed E-state index contributed by atoms with van der Waals surface area (Å²) in [5, 5.41) is 5.62. The highest BCUT2D eigenvalue weighted by molar-refractivity contribution is 6.04. The van der Waals surface area contributed by atoms with Crippen LogP contribution in [0.3, 0.4) is 0 Å². The molecule has 1 fully saturated rings. The number of amides is 1. The molecule has 0 aliphatic carbocycles. The van der Waals surface area contributed by atoms with Crippen LogP contribution in [-0.2, 0) is 6.54 Å². The van der Waals surface area contributed by atoms with Crippen molar-refractivity contribution in [2.45, 2.75) is 13.5 Å². The molecular formula is C28H28N4O3. The number of hydrogen-bond donors (Lipinski definition) is 0. The molecule has 0 spiro atoms. The van der Waals surface area contributed by atoms with Crippen molar-refractivity contribution >= 4 is 16.7 Å². The number of piperazine rings is 1. The zero-order valence-electron chi connectivity index (χ0n) is 19.8. The van der Waals surface area contributed by atoms with E-state index in [1.165, 1.54) is 10.2 Å². The standard InChI is InChI=1S/C28H28N4O3/c1-2-35-23-14-12-22(13-15-23)32-27(33)25-11-7-6-10-24(25)26(29-32)28(34)31-18-16-30(17-19-31)20-21-8-4-3-5-9-21/h3-15H,2,16-20H2,1H3. The highest BCUT2D eigenvalue weighted by atomic mass is 16.5. The number of fused-ring (bicyclic) bond motifs is 1. The fourth-order valence-corrected chi connectivity index (χ4v) is 4.47. The highest BCUT2D eigenvalue weighted by Crippen LogP contribution is 2.20. The Morgan fingerprint density at radius 1 is 0.857 bits per heavy atom. The molecule has 7 nitrogen and oxygen atoms in total. The first-order valence-corrected chi connectivity index (χ1v) is 11.9. The van der Waals surface area contributed by atoms with E-state index >= 15 is 0 Å². The van der Waals surface area contributed by atoms with Gasteiger partial charge in [0.25, 0.3) is 11.5 Å². The number of rotatable bonds is 6. The van der Waals surface area contributed by atoms with Gasteiger partial charge in [-0.2, -0.15) is 9.78 Å². The maximum atomic E-state index is 13.6. The second kappa shape index (κ2) is 10.1. The van der Waals surface area contributed by atoms with E-state index in [2.05, 4.69) is 22.1 Å². The van der Waals surface area contributed by atoms with Gasteiger partial charge in [0, 0.05) is 38.1 Å². The number of nitrogens with zero attached hydrogens (tertiary/aromatic N) is 4. The number of aromatic nitrogens is 2. The molecule has 1 amide bonds. The van der Waals surface area contributed by atoms with Gasteiger partial charge >= 0.3 is 0 Å². The monoisotopic (exact) mass is 468 g/mol. The lowest BCUT2D eigenvalue weighted by Gasteiger charge is -2.34. The van der Waals surface area contributed by atoms with Gasteiger partial charge in [0.1, 0.15) is 5.75 Å². The summed E-state index contributed by atoms with van der Waals surface area (Å²) in [5.41, 5.74) is 1.90. The summed E-state index contributed by atoms with van der Waals surface area (Å²) in [5.74, 6) is 0.565. The smallest absolute Gasteiger partial charge is 0.279 e. The van der Waals surface area contributed by atoms with Gasteiger partial charge in [-0.15, -0.1) is 0 Å². The van der Waals surface area contributed by atoms with E-state index in [9.17, 15) is 9.59 Å². The van der Waals surface area contributed by atoms with Crippen molar-refractivity contribution in [1.82, 2.24) is 19.6 Å². The summed E-state index contributed by atoms with van der Waals surface area (Å²) in [6.45, 7) is 6.15. The molecule has 1 aliphatic heterocycles. The zero-order chi connectivity index (χ0) is 24.2. The molecule has 3 aromatic carbocycles. The molecule has 5 rings (SSSR count). The van der Waals surface area contributed by atoms with E-state index in [-0.39, 0.29) is 11.5 Å². The van der Waals surface area contributed by atoms with Gasteiger partial charge in [0.05, 0.1) is 17.7 Å². The first-order valence-electron chi connectivity index (χ1n) is 11.9. The van der Waals surface area contributed by atoms with Crippen LogP contribution in [0, 0.1) is 0 Å². The van der Waals surface area contributed by atoms with Crippen LogP contribution < -0.4 is 10.3 Å². The first kappa shape index (κ1) is 22.8. The summed E-state index contributed by atoms with van der Waals surface area (Å²) < 4.78 is 6.83. The van der Waals surface area contributed by atoms with Crippen molar-refractivity contribution in [3.05, 3.63) is 100 Å². The summed E-state index contributed by atoms with van der Waals surface area (Å²) in [4.78, 5) is 31.1. The Morgan fingerprint density at radius 2 is 1.51 bits per heavy atom. The maximum Gasteiger partial charge on any atom is 0.279 e. The Balaban J connectivity index is 1.42. The summed E-state index contributed by atoms with van der Waals surface area (Å²) in [7, 11) is 0. The van der Waals surface area contributed by atoms with Crippen LogP contribution in [0.4, 0.5) is 0 Å². The van der Waals surface area contributed by atoms with Gasteiger partial charge in [0.2, 0.25) is 0 Å². The van der Waals surface area contributed by atoms with Crippen LogP contribution in [0.1, 0.15) is 23.0 Å². The van der Waals surface area contributed by atoms with Crippen molar-refractivity contribution < 1.29 is 9.53 Å². The van der Waals surface area contributed by atoms with Crippen LogP contribution in [0.5, 0.6) is 5.75 Å². The molecule has 0 bridgehead atoms. The van der Waals surface area contributed by atoms with E-state index < -0.39 is 0 Å². The molecule has 1 aliphatic rings. The Bertz CT molecular complexity index is 1380. The Labute approximate surface area is 204 Å². The maximum absolute atomic E-state index is 13.6. The molecule has 178 valence electrons. The number of hydrogen-bond acceptors (Lipinski definition) is 5. The lowest BCUT2D eigenvalue weighted by molar-refractivity contribution is 0.0623. The number of carbonyl (C=O) groups is 1. The minimum absolute atomic E-state index is 0.153. The quantitative estimate of drug-likeness (QED) is 0.431. The molecule has 7 heteroatoms. The molecule has 1 aromatic heterocycles. The molecule has 0 unspecified atom stereocenters. The average molecular weight is 469 g/mol. The van der Waals surface area contributed by atoms with Crippen molar-refractivity contribution in [3.63, 3.8) is 0 Å². The molecule has 0 radical (unpaired) electrons. The van der Waals surface area contributed by atoms with E-state index in [0.717, 1.165) is 25.4 Å². The molecule has 4 aromatic rings. The first-order chi connectivity index (χ1) is 17.1. The van der Waals surface area contributed by atoms with Crippen molar-refractivity contribution in [2.24, 2.45) is 0 Å². The number of ether oxygens (including phenoxy) is 1. The third-order valence-corrected chi connectivity index (χ3v) is 6.31. The third kappa shape index (κ3) is 4.81. The number of carbonyl (C=O) groups excluding carboxylic acids is 1. The van der Waals surface area contributed by atoms with Crippen LogP contribution in [0.2, 0.25) is 0 Å². The molecule has 0 atom stereocenters. The molecule has 1 saturated heterocycles. The van der Waals surface area contributed by atoms with Crippen LogP contribution >= 0.6 is 0 Å². The predicted octanol–water partition coefficient (Wildman–Crippen LogP) is 3.74. The largest absolute Gasteiger partial charge is 0.494 e. The van der Waals surface area contributed by atoms with Crippen molar-refractivity contribution in [3.8, 4) is 11.4 Å². The van der Waals surface area contributed by atoms with Gasteiger partial charge in [0.15, 0.2) is 5.69 Å². The normalized spacial score (nSPS) is 14.3. The van der Waals surface area contributed by atoms with E-state index in [4.69, 9.17) is 4.74 Å². The van der Waals surface area contributed by atoms with Gasteiger partial charge in [-0.25, -0.2) is 0 Å². The van der Waals surface area contributed by atoms with Gasteiger partial charge in [-0.3, -0.25) is 14.5 Å². The second-order valence-electron chi connectivity index (χ2n) is 8.59. The fourth-order valence-electron chi connectivity index (χ4n) is 4.47. The van der Waals surface area contributed by atoms with Gasteiger partial charge in [-0.05, 0) is 42.8 Å². The molecule has 0 N–H and O–H groups in total. The van der Waals surface area contributed by atoms with Crippen LogP contribution in [-0.4, -0.2) is 58.3 Å². The molecular weight excluding hydrogens is 440 g/mol. The zero-order valence-corrected chi connectivity index (χ0v) is 19.8. The topological polar surface area (TPSA) is 67.7 Å². The Kier molecular flexibility index (Phi) is 6.59. The fraction of sp³-hybridized carbons (Fsp3) is 0.250. The SMILES string of the molecule is CCOc1ccc(-n2nc(C(=O)N3CCN(Cc4ccccc4)CC3)c3ccccc3c2=O)cc1. The highest BCUT2D eigenvalue weighted by Gasteiger charge is 2.26. The van der Waals surface area contributed by atoms with Gasteiger partial charge in [-0.1, -0.05) is 48.5 Å². The van der Waals surface area contributed by atoms with E-state index in [1.54, 1.807) is 36.4 Å². The van der Waals surface area contributed by atoms with E-state index in [0.29, 0.717) is 41.9 Å². The Hall–Kier alpha value is -3.97. The lowest BCUT2D eigenvalue weighted by Crippen LogP contribution is -2.48. The second-order valence-corrected chi connectivity index (χ2v) is 8.59. The van der Waals surface area contributed by atoms with Gasteiger partial charge < -0.3 is 9.64 Å². The summed E-state index contributed by atoms with van der Waals surface area (Å²) in [6.07, 6.45) is 0. The van der Waals surface area contributed by atoms with Crippen molar-refractivity contribution in [1.29, 1.82) is 0 Å². The number of benzene rings is 3.